The summed E-state index contributed by atoms with van der Waals surface area (Å²) in [6.45, 7) is 10.7. The van der Waals surface area contributed by atoms with E-state index in [2.05, 4.69) is 10.2 Å². The summed E-state index contributed by atoms with van der Waals surface area (Å²) in [5.41, 5.74) is -0.544. The van der Waals surface area contributed by atoms with E-state index >= 15 is 0 Å². The van der Waals surface area contributed by atoms with Crippen molar-refractivity contribution in [1.29, 1.82) is 0 Å². The van der Waals surface area contributed by atoms with Crippen LogP contribution in [-0.2, 0) is 9.47 Å². The van der Waals surface area contributed by atoms with Gasteiger partial charge in [0.1, 0.15) is 11.6 Å². The van der Waals surface area contributed by atoms with Gasteiger partial charge in [-0.25, -0.2) is 4.79 Å². The van der Waals surface area contributed by atoms with E-state index in [1.807, 2.05) is 34.6 Å². The molecule has 21 heavy (non-hydrogen) atoms. The minimum atomic E-state index is -0.544. The molecule has 0 aromatic carbocycles. The smallest absolute Gasteiger partial charge is 0.411 e. The van der Waals surface area contributed by atoms with Crippen molar-refractivity contribution in [3.8, 4) is 0 Å². The second-order valence-electron chi connectivity index (χ2n) is 6.40. The minimum Gasteiger partial charge on any atom is -0.444 e. The molecule has 118 valence electrons. The predicted molar refractivity (Wildman–Crippen MR) is 74.9 cm³/mol. The maximum absolute atomic E-state index is 12.3. The first-order valence-corrected chi connectivity index (χ1v) is 7.18. The van der Waals surface area contributed by atoms with Gasteiger partial charge in [-0.05, 0) is 20.8 Å². The van der Waals surface area contributed by atoms with Gasteiger partial charge in [0, 0.05) is 12.5 Å². The van der Waals surface area contributed by atoms with Crippen LogP contribution in [0.2, 0.25) is 0 Å². The Hall–Kier alpha value is -1.63. The summed E-state index contributed by atoms with van der Waals surface area (Å²) in [5, 5.41) is 8.05. The SMILES string of the molecule is CC(C)c1nnc([C@@H]2COCCN2C(=O)OC(C)(C)C)o1. The van der Waals surface area contributed by atoms with Crippen molar-refractivity contribution in [2.45, 2.75) is 52.2 Å². The van der Waals surface area contributed by atoms with E-state index in [-0.39, 0.29) is 12.0 Å². The predicted octanol–water partition coefficient (Wildman–Crippen LogP) is 2.50. The van der Waals surface area contributed by atoms with Gasteiger partial charge in [0.2, 0.25) is 11.8 Å². The molecule has 0 spiro atoms. The number of carbonyl (C=O) groups is 1. The van der Waals surface area contributed by atoms with Crippen molar-refractivity contribution < 1.29 is 18.7 Å². The maximum atomic E-state index is 12.3. The highest BCUT2D eigenvalue weighted by molar-refractivity contribution is 5.68. The first kappa shape index (κ1) is 15.8. The summed E-state index contributed by atoms with van der Waals surface area (Å²) in [6, 6.07) is -0.395. The van der Waals surface area contributed by atoms with Crippen LogP contribution < -0.4 is 0 Å². The van der Waals surface area contributed by atoms with Gasteiger partial charge in [0.05, 0.1) is 13.2 Å². The Kier molecular flexibility index (Phi) is 4.51. The molecule has 1 aliphatic heterocycles. The van der Waals surface area contributed by atoms with E-state index in [0.29, 0.717) is 31.5 Å². The molecule has 0 unspecified atom stereocenters. The molecule has 1 atom stereocenters. The van der Waals surface area contributed by atoms with E-state index in [1.165, 1.54) is 0 Å². The van der Waals surface area contributed by atoms with Gasteiger partial charge in [-0.15, -0.1) is 10.2 Å². The summed E-state index contributed by atoms with van der Waals surface area (Å²) in [5.74, 6) is 1.09. The van der Waals surface area contributed by atoms with Crippen LogP contribution in [0.15, 0.2) is 4.42 Å². The highest BCUT2D eigenvalue weighted by atomic mass is 16.6. The van der Waals surface area contributed by atoms with Gasteiger partial charge < -0.3 is 13.9 Å². The third kappa shape index (κ3) is 3.93. The molecule has 1 fully saturated rings. The third-order valence-corrected chi connectivity index (χ3v) is 2.99. The fourth-order valence-electron chi connectivity index (χ4n) is 1.96. The van der Waals surface area contributed by atoms with Crippen LogP contribution in [0.4, 0.5) is 4.79 Å². The Labute approximate surface area is 124 Å². The van der Waals surface area contributed by atoms with Crippen molar-refractivity contribution >= 4 is 6.09 Å². The van der Waals surface area contributed by atoms with Gasteiger partial charge >= 0.3 is 6.09 Å². The lowest BCUT2D eigenvalue weighted by Gasteiger charge is -2.34. The Morgan fingerprint density at radius 2 is 2.10 bits per heavy atom. The molecule has 0 N–H and O–H groups in total. The van der Waals surface area contributed by atoms with Crippen LogP contribution >= 0.6 is 0 Å². The quantitative estimate of drug-likeness (QED) is 0.834. The van der Waals surface area contributed by atoms with Crippen LogP contribution in [-0.4, -0.2) is 46.6 Å². The molecule has 1 aromatic rings. The minimum absolute atomic E-state index is 0.144. The number of amides is 1. The Bertz CT molecular complexity index is 493. The van der Waals surface area contributed by atoms with Gasteiger partial charge in [-0.2, -0.15) is 0 Å². The lowest BCUT2D eigenvalue weighted by Crippen LogP contribution is -2.45. The molecule has 0 radical (unpaired) electrons. The Balaban J connectivity index is 2.16. The average Bonchev–Trinajstić information content (AvgIpc) is 2.86. The van der Waals surface area contributed by atoms with Crippen molar-refractivity contribution in [2.24, 2.45) is 0 Å². The van der Waals surface area contributed by atoms with Crippen molar-refractivity contribution in [2.75, 3.05) is 19.8 Å². The van der Waals surface area contributed by atoms with Crippen molar-refractivity contribution in [1.82, 2.24) is 15.1 Å². The van der Waals surface area contributed by atoms with Crippen LogP contribution in [0, 0.1) is 0 Å². The van der Waals surface area contributed by atoms with Crippen molar-refractivity contribution in [3.63, 3.8) is 0 Å². The zero-order chi connectivity index (χ0) is 15.6. The fraction of sp³-hybridized carbons (Fsp3) is 0.786. The lowest BCUT2D eigenvalue weighted by molar-refractivity contribution is -0.0393. The molecule has 2 rings (SSSR count). The highest BCUT2D eigenvalue weighted by Crippen LogP contribution is 2.26. The molecule has 1 aromatic heterocycles. The number of nitrogens with zero attached hydrogens (tertiary/aromatic N) is 3. The van der Waals surface area contributed by atoms with Gasteiger partial charge in [0.15, 0.2) is 0 Å². The molecule has 7 nitrogen and oxygen atoms in total. The molecule has 0 bridgehead atoms. The summed E-state index contributed by atoms with van der Waals surface area (Å²) in [7, 11) is 0. The summed E-state index contributed by atoms with van der Waals surface area (Å²) >= 11 is 0. The molecular weight excluding hydrogens is 274 g/mol. The fourth-order valence-corrected chi connectivity index (χ4v) is 1.96. The number of morpholine rings is 1. The van der Waals surface area contributed by atoms with Crippen LogP contribution in [0.3, 0.4) is 0 Å². The van der Waals surface area contributed by atoms with Gasteiger partial charge in [-0.1, -0.05) is 13.8 Å². The van der Waals surface area contributed by atoms with E-state index in [0.717, 1.165) is 0 Å². The number of rotatable bonds is 2. The maximum Gasteiger partial charge on any atom is 0.411 e. The lowest BCUT2D eigenvalue weighted by atomic mass is 10.2. The van der Waals surface area contributed by atoms with E-state index in [1.54, 1.807) is 4.90 Å². The molecule has 1 aliphatic rings. The molecule has 1 amide bonds. The summed E-state index contributed by atoms with van der Waals surface area (Å²) in [6.07, 6.45) is -0.389. The second kappa shape index (κ2) is 6.01. The monoisotopic (exact) mass is 297 g/mol. The van der Waals surface area contributed by atoms with Gasteiger partial charge in [0.25, 0.3) is 0 Å². The van der Waals surface area contributed by atoms with Gasteiger partial charge in [-0.3, -0.25) is 4.90 Å². The highest BCUT2D eigenvalue weighted by Gasteiger charge is 2.35. The zero-order valence-corrected chi connectivity index (χ0v) is 13.3. The van der Waals surface area contributed by atoms with E-state index < -0.39 is 11.6 Å². The summed E-state index contributed by atoms with van der Waals surface area (Å²) in [4.78, 5) is 13.9. The van der Waals surface area contributed by atoms with Crippen LogP contribution in [0.25, 0.3) is 0 Å². The molecule has 2 heterocycles. The number of carbonyl (C=O) groups excluding carboxylic acids is 1. The largest absolute Gasteiger partial charge is 0.444 e. The number of ether oxygens (including phenoxy) is 2. The first-order valence-electron chi connectivity index (χ1n) is 7.18. The Morgan fingerprint density at radius 1 is 1.38 bits per heavy atom. The standard InChI is InChI=1S/C14H23N3O4/c1-9(2)11-15-16-12(20-11)10-8-19-7-6-17(10)13(18)21-14(3,4)5/h9-10H,6-8H2,1-5H3/t10-/m0/s1. The topological polar surface area (TPSA) is 77.7 Å². The van der Waals surface area contributed by atoms with E-state index in [9.17, 15) is 4.79 Å². The third-order valence-electron chi connectivity index (χ3n) is 2.99. The molecule has 0 saturated carbocycles. The summed E-state index contributed by atoms with van der Waals surface area (Å²) < 4.78 is 16.5. The first-order chi connectivity index (χ1) is 9.78. The van der Waals surface area contributed by atoms with Crippen LogP contribution in [0.1, 0.15) is 58.4 Å². The Morgan fingerprint density at radius 3 is 2.67 bits per heavy atom. The van der Waals surface area contributed by atoms with E-state index in [4.69, 9.17) is 13.9 Å². The zero-order valence-electron chi connectivity index (χ0n) is 13.3. The van der Waals surface area contributed by atoms with Crippen molar-refractivity contribution in [3.05, 3.63) is 11.8 Å². The number of hydrogen-bond donors (Lipinski definition) is 0. The molecule has 0 aliphatic carbocycles. The normalized spacial score (nSPS) is 19.9. The molecular formula is C14H23N3O4. The van der Waals surface area contributed by atoms with Crippen LogP contribution in [0.5, 0.6) is 0 Å². The molecule has 1 saturated heterocycles. The second-order valence-corrected chi connectivity index (χ2v) is 6.40. The average molecular weight is 297 g/mol. The number of hydrogen-bond acceptors (Lipinski definition) is 6. The number of aromatic nitrogens is 2. The molecule has 7 heteroatoms.